The third kappa shape index (κ3) is 3.50. The number of benzene rings is 1. The standard InChI is InChI=1S/C18H25BrFN/c1-2-9-21-17(18-14-5-3-4-6-15(14)18)11-12-10-13(19)7-8-16(12)20/h7-8,10,14-15,17-18,21H,2-6,9,11H2,1H3. The lowest BCUT2D eigenvalue weighted by molar-refractivity contribution is 0.421. The van der Waals surface area contributed by atoms with Gasteiger partial charge in [0.2, 0.25) is 0 Å². The van der Waals surface area contributed by atoms with E-state index in [1.54, 1.807) is 12.1 Å². The van der Waals surface area contributed by atoms with Crippen LogP contribution in [0.4, 0.5) is 4.39 Å². The minimum absolute atomic E-state index is 0.0647. The van der Waals surface area contributed by atoms with Gasteiger partial charge in [-0.2, -0.15) is 0 Å². The Kier molecular flexibility index (Phi) is 5.00. The Morgan fingerprint density at radius 1 is 1.29 bits per heavy atom. The van der Waals surface area contributed by atoms with E-state index in [0.717, 1.165) is 47.2 Å². The first-order valence-corrected chi connectivity index (χ1v) is 9.17. The topological polar surface area (TPSA) is 12.0 Å². The molecule has 0 aromatic heterocycles. The van der Waals surface area contributed by atoms with E-state index in [4.69, 9.17) is 0 Å². The van der Waals surface area contributed by atoms with Crippen LogP contribution in [0.1, 0.15) is 44.6 Å². The Morgan fingerprint density at radius 3 is 2.67 bits per heavy atom. The minimum Gasteiger partial charge on any atom is -0.313 e. The number of halogens is 2. The molecule has 0 amide bonds. The summed E-state index contributed by atoms with van der Waals surface area (Å²) in [5.74, 6) is 2.52. The van der Waals surface area contributed by atoms with Crippen LogP contribution in [0.3, 0.4) is 0 Å². The highest BCUT2D eigenvalue weighted by Gasteiger charge is 2.53. The molecular weight excluding hydrogens is 329 g/mol. The van der Waals surface area contributed by atoms with E-state index in [-0.39, 0.29) is 5.82 Å². The van der Waals surface area contributed by atoms with Gasteiger partial charge in [0, 0.05) is 10.5 Å². The summed E-state index contributed by atoms with van der Waals surface area (Å²) < 4.78 is 15.0. The van der Waals surface area contributed by atoms with Gasteiger partial charge in [0.25, 0.3) is 0 Å². The molecule has 0 saturated heterocycles. The third-order valence-corrected chi connectivity index (χ3v) is 5.78. The number of nitrogens with one attached hydrogen (secondary N) is 1. The fourth-order valence-corrected chi connectivity index (χ4v) is 4.66. The van der Waals surface area contributed by atoms with E-state index >= 15 is 0 Å². The van der Waals surface area contributed by atoms with Gasteiger partial charge in [0.15, 0.2) is 0 Å². The van der Waals surface area contributed by atoms with Gasteiger partial charge in [-0.15, -0.1) is 0 Å². The fraction of sp³-hybridized carbons (Fsp3) is 0.667. The molecule has 2 fully saturated rings. The molecule has 116 valence electrons. The molecule has 1 aromatic carbocycles. The van der Waals surface area contributed by atoms with Crippen molar-refractivity contribution in [2.75, 3.05) is 6.54 Å². The quantitative estimate of drug-likeness (QED) is 0.763. The van der Waals surface area contributed by atoms with Gasteiger partial charge in [-0.1, -0.05) is 35.7 Å². The van der Waals surface area contributed by atoms with Gasteiger partial charge in [-0.25, -0.2) is 4.39 Å². The second-order valence-corrected chi connectivity index (χ2v) is 7.61. The first-order chi connectivity index (χ1) is 10.2. The van der Waals surface area contributed by atoms with E-state index in [1.807, 2.05) is 6.07 Å². The van der Waals surface area contributed by atoms with E-state index in [0.29, 0.717) is 6.04 Å². The van der Waals surface area contributed by atoms with E-state index in [9.17, 15) is 4.39 Å². The number of rotatable bonds is 6. The minimum atomic E-state index is -0.0647. The second kappa shape index (κ2) is 6.78. The van der Waals surface area contributed by atoms with Crippen LogP contribution < -0.4 is 5.32 Å². The van der Waals surface area contributed by atoms with Crippen LogP contribution in [0.2, 0.25) is 0 Å². The monoisotopic (exact) mass is 353 g/mol. The largest absolute Gasteiger partial charge is 0.313 e. The van der Waals surface area contributed by atoms with Crippen molar-refractivity contribution in [1.29, 1.82) is 0 Å². The van der Waals surface area contributed by atoms with Gasteiger partial charge in [0.05, 0.1) is 0 Å². The van der Waals surface area contributed by atoms with Gasteiger partial charge < -0.3 is 5.32 Å². The van der Waals surface area contributed by atoms with Crippen LogP contribution in [0, 0.1) is 23.6 Å². The molecule has 1 N–H and O–H groups in total. The number of hydrogen-bond acceptors (Lipinski definition) is 1. The Balaban J connectivity index is 1.72. The summed E-state index contributed by atoms with van der Waals surface area (Å²) in [7, 11) is 0. The summed E-state index contributed by atoms with van der Waals surface area (Å²) in [5, 5.41) is 3.70. The maximum atomic E-state index is 14.1. The molecule has 3 rings (SSSR count). The first kappa shape index (κ1) is 15.5. The SMILES string of the molecule is CCCNC(Cc1cc(Br)ccc1F)C1C2CCCCC21. The Labute approximate surface area is 135 Å². The summed E-state index contributed by atoms with van der Waals surface area (Å²) in [6, 6.07) is 5.75. The fourth-order valence-electron chi connectivity index (χ4n) is 4.26. The molecule has 1 nitrogen and oxygen atoms in total. The molecule has 2 aliphatic carbocycles. The van der Waals surface area contributed by atoms with Crippen molar-refractivity contribution in [2.45, 2.75) is 51.5 Å². The van der Waals surface area contributed by atoms with E-state index < -0.39 is 0 Å². The first-order valence-electron chi connectivity index (χ1n) is 8.38. The zero-order valence-corrected chi connectivity index (χ0v) is 14.3. The van der Waals surface area contributed by atoms with Crippen LogP contribution in [-0.4, -0.2) is 12.6 Å². The highest BCUT2D eigenvalue weighted by molar-refractivity contribution is 9.10. The molecule has 2 aliphatic rings. The molecule has 0 spiro atoms. The van der Waals surface area contributed by atoms with Crippen molar-refractivity contribution < 1.29 is 4.39 Å². The number of fused-ring (bicyclic) bond motifs is 1. The van der Waals surface area contributed by atoms with Crippen molar-refractivity contribution >= 4 is 15.9 Å². The molecule has 2 saturated carbocycles. The zero-order chi connectivity index (χ0) is 14.8. The predicted octanol–water partition coefficient (Wildman–Crippen LogP) is 4.94. The average Bonchev–Trinajstić information content (AvgIpc) is 3.21. The van der Waals surface area contributed by atoms with E-state index in [2.05, 4.69) is 28.2 Å². The molecule has 3 heteroatoms. The summed E-state index contributed by atoms with van der Waals surface area (Å²) in [6.45, 7) is 3.24. The molecule has 21 heavy (non-hydrogen) atoms. The van der Waals surface area contributed by atoms with Crippen LogP contribution in [-0.2, 0) is 6.42 Å². The summed E-state index contributed by atoms with van der Waals surface area (Å²) >= 11 is 3.47. The van der Waals surface area contributed by atoms with Crippen LogP contribution in [0.5, 0.6) is 0 Å². The predicted molar refractivity (Wildman–Crippen MR) is 88.8 cm³/mol. The maximum absolute atomic E-state index is 14.1. The van der Waals surface area contributed by atoms with Crippen molar-refractivity contribution in [3.05, 3.63) is 34.1 Å². The normalized spacial score (nSPS) is 29.0. The van der Waals surface area contributed by atoms with E-state index in [1.165, 1.54) is 25.7 Å². The summed E-state index contributed by atoms with van der Waals surface area (Å²) in [6.07, 6.45) is 7.52. The van der Waals surface area contributed by atoms with Gasteiger partial charge >= 0.3 is 0 Å². The van der Waals surface area contributed by atoms with Gasteiger partial charge in [-0.05, 0) is 73.7 Å². The molecule has 0 radical (unpaired) electrons. The van der Waals surface area contributed by atoms with Crippen LogP contribution in [0.15, 0.2) is 22.7 Å². The van der Waals surface area contributed by atoms with Gasteiger partial charge in [0.1, 0.15) is 5.82 Å². The molecular formula is C18H25BrFN. The lowest BCUT2D eigenvalue weighted by Gasteiger charge is -2.20. The smallest absolute Gasteiger partial charge is 0.126 e. The van der Waals surface area contributed by atoms with Crippen molar-refractivity contribution in [3.63, 3.8) is 0 Å². The Morgan fingerprint density at radius 2 is 2.00 bits per heavy atom. The lowest BCUT2D eigenvalue weighted by atomic mass is 9.99. The molecule has 0 heterocycles. The summed E-state index contributed by atoms with van der Waals surface area (Å²) in [4.78, 5) is 0. The molecule has 0 aliphatic heterocycles. The molecule has 3 unspecified atom stereocenters. The Bertz CT molecular complexity index is 478. The van der Waals surface area contributed by atoms with Gasteiger partial charge in [-0.3, -0.25) is 0 Å². The third-order valence-electron chi connectivity index (χ3n) is 5.29. The second-order valence-electron chi connectivity index (χ2n) is 6.69. The highest BCUT2D eigenvalue weighted by Crippen LogP contribution is 2.57. The Hall–Kier alpha value is -0.410. The van der Waals surface area contributed by atoms with Crippen molar-refractivity contribution in [1.82, 2.24) is 5.32 Å². The molecule has 0 bridgehead atoms. The van der Waals surface area contributed by atoms with Crippen LogP contribution >= 0.6 is 15.9 Å². The zero-order valence-electron chi connectivity index (χ0n) is 12.7. The molecule has 3 atom stereocenters. The van der Waals surface area contributed by atoms with Crippen molar-refractivity contribution in [3.8, 4) is 0 Å². The average molecular weight is 354 g/mol. The molecule has 1 aromatic rings. The van der Waals surface area contributed by atoms with Crippen LogP contribution in [0.25, 0.3) is 0 Å². The lowest BCUT2D eigenvalue weighted by Crippen LogP contribution is -2.35. The number of hydrogen-bond donors (Lipinski definition) is 1. The highest BCUT2D eigenvalue weighted by atomic mass is 79.9. The maximum Gasteiger partial charge on any atom is 0.126 e. The van der Waals surface area contributed by atoms with Crippen molar-refractivity contribution in [2.24, 2.45) is 17.8 Å². The summed E-state index contributed by atoms with van der Waals surface area (Å²) in [5.41, 5.74) is 0.849.